The third-order valence-corrected chi connectivity index (χ3v) is 9.09. The number of anilines is 3. The van der Waals surface area contributed by atoms with Crippen LogP contribution in [-0.2, 0) is 0 Å². The Hall–Kier alpha value is -4.92. The van der Waals surface area contributed by atoms with Crippen LogP contribution in [0, 0.1) is 0 Å². The molecule has 0 saturated heterocycles. The molecule has 0 bridgehead atoms. The smallest absolute Gasteiger partial charge is 0.0640 e. The first kappa shape index (κ1) is 23.0. The van der Waals surface area contributed by atoms with Crippen molar-refractivity contribution in [2.45, 2.75) is 0 Å². The zero-order valence-corrected chi connectivity index (χ0v) is 22.6. The fraction of sp³-hybridized carbons (Fsp3) is 0. The number of thiophene rings is 1. The Labute approximate surface area is 237 Å². The van der Waals surface area contributed by atoms with E-state index in [-0.39, 0.29) is 0 Å². The highest BCUT2D eigenvalue weighted by Crippen LogP contribution is 2.48. The van der Waals surface area contributed by atoms with Crippen LogP contribution < -0.4 is 4.90 Å². The van der Waals surface area contributed by atoms with Crippen LogP contribution in [-0.4, -0.2) is 0 Å². The van der Waals surface area contributed by atoms with Crippen molar-refractivity contribution in [3.63, 3.8) is 0 Å². The van der Waals surface area contributed by atoms with Crippen LogP contribution in [0.4, 0.5) is 17.1 Å². The zero-order valence-electron chi connectivity index (χ0n) is 21.8. The predicted octanol–water partition coefficient (Wildman–Crippen LogP) is 11.5. The fourth-order valence-electron chi connectivity index (χ4n) is 5.96. The fourth-order valence-corrected chi connectivity index (χ4v) is 7.28. The summed E-state index contributed by atoms with van der Waals surface area (Å²) in [6.07, 6.45) is 0. The highest BCUT2D eigenvalue weighted by Gasteiger charge is 2.20. The van der Waals surface area contributed by atoms with E-state index in [0.717, 1.165) is 11.4 Å². The molecule has 0 N–H and O–H groups in total. The van der Waals surface area contributed by atoms with E-state index < -0.39 is 0 Å². The summed E-state index contributed by atoms with van der Waals surface area (Å²) in [5.41, 5.74) is 6.04. The molecule has 0 aliphatic heterocycles. The summed E-state index contributed by atoms with van der Waals surface area (Å²) < 4.78 is 2.63. The standard InChI is InChI=1S/C38H25NS/c1-3-13-27(14-4-1)34-25-35-33-20-11-21-36(38(33)40-37(35)32-19-10-9-18-31(32)34)39(29-16-5-2-6-17-29)30-23-22-26-12-7-8-15-28(26)24-30/h1-25H. The van der Waals surface area contributed by atoms with E-state index in [1.165, 1.54) is 58.5 Å². The number of fused-ring (bicyclic) bond motifs is 6. The molecule has 2 heteroatoms. The number of para-hydroxylation sites is 1. The summed E-state index contributed by atoms with van der Waals surface area (Å²) in [6, 6.07) is 54.8. The normalized spacial score (nSPS) is 11.5. The molecule has 0 fully saturated rings. The van der Waals surface area contributed by atoms with Gasteiger partial charge in [0.05, 0.1) is 10.4 Å². The van der Waals surface area contributed by atoms with Crippen LogP contribution in [0.1, 0.15) is 0 Å². The van der Waals surface area contributed by atoms with Gasteiger partial charge in [-0.2, -0.15) is 0 Å². The molecule has 0 atom stereocenters. The van der Waals surface area contributed by atoms with Crippen molar-refractivity contribution in [1.29, 1.82) is 0 Å². The highest BCUT2D eigenvalue weighted by atomic mass is 32.1. The van der Waals surface area contributed by atoms with E-state index in [4.69, 9.17) is 0 Å². The minimum atomic E-state index is 1.15. The van der Waals surface area contributed by atoms with E-state index in [1.807, 2.05) is 11.3 Å². The molecule has 1 nitrogen and oxygen atoms in total. The van der Waals surface area contributed by atoms with Gasteiger partial charge in [0.15, 0.2) is 0 Å². The Balaban J connectivity index is 1.43. The van der Waals surface area contributed by atoms with Crippen LogP contribution in [0.25, 0.3) is 52.8 Å². The molecule has 0 aliphatic rings. The average molecular weight is 528 g/mol. The Morgan fingerprint density at radius 2 is 1.05 bits per heavy atom. The summed E-state index contributed by atoms with van der Waals surface area (Å²) >= 11 is 1.90. The molecule has 0 amide bonds. The number of hydrogen-bond acceptors (Lipinski definition) is 2. The average Bonchev–Trinajstić information content (AvgIpc) is 3.41. The Bertz CT molecular complexity index is 2160. The molecule has 0 unspecified atom stereocenters. The minimum absolute atomic E-state index is 1.15. The molecule has 0 radical (unpaired) electrons. The first-order valence-electron chi connectivity index (χ1n) is 13.6. The van der Waals surface area contributed by atoms with Crippen molar-refractivity contribution < 1.29 is 0 Å². The molecule has 0 spiro atoms. The van der Waals surface area contributed by atoms with Crippen molar-refractivity contribution in [3.05, 3.63) is 152 Å². The van der Waals surface area contributed by atoms with Gasteiger partial charge in [-0.25, -0.2) is 0 Å². The van der Waals surface area contributed by atoms with Crippen LogP contribution in [0.3, 0.4) is 0 Å². The van der Waals surface area contributed by atoms with Gasteiger partial charge in [0.1, 0.15) is 0 Å². The SMILES string of the molecule is c1ccc(-c2cc3c4cccc(N(c5ccccc5)c5ccc6ccccc6c5)c4sc3c3ccccc23)cc1. The van der Waals surface area contributed by atoms with Crippen LogP contribution in [0.5, 0.6) is 0 Å². The lowest BCUT2D eigenvalue weighted by Gasteiger charge is -2.26. The molecular formula is C38H25NS. The number of benzene rings is 7. The maximum Gasteiger partial charge on any atom is 0.0640 e. The maximum absolute atomic E-state index is 2.41. The van der Waals surface area contributed by atoms with Crippen LogP contribution >= 0.6 is 11.3 Å². The van der Waals surface area contributed by atoms with Gasteiger partial charge in [0.25, 0.3) is 0 Å². The van der Waals surface area contributed by atoms with Gasteiger partial charge in [-0.15, -0.1) is 11.3 Å². The first-order valence-corrected chi connectivity index (χ1v) is 14.4. The van der Waals surface area contributed by atoms with Crippen molar-refractivity contribution >= 4 is 70.1 Å². The molecule has 40 heavy (non-hydrogen) atoms. The van der Waals surface area contributed by atoms with Crippen molar-refractivity contribution in [2.24, 2.45) is 0 Å². The maximum atomic E-state index is 2.41. The van der Waals surface area contributed by atoms with E-state index in [2.05, 4.69) is 157 Å². The van der Waals surface area contributed by atoms with Gasteiger partial charge in [0.2, 0.25) is 0 Å². The molecule has 8 aromatic rings. The van der Waals surface area contributed by atoms with Gasteiger partial charge >= 0.3 is 0 Å². The second-order valence-corrected chi connectivity index (χ2v) is 11.2. The van der Waals surface area contributed by atoms with Gasteiger partial charge in [-0.05, 0) is 63.7 Å². The molecule has 1 heterocycles. The molecule has 8 rings (SSSR count). The minimum Gasteiger partial charge on any atom is -0.309 e. The van der Waals surface area contributed by atoms with Crippen molar-refractivity contribution in [3.8, 4) is 11.1 Å². The molecule has 7 aromatic carbocycles. The quantitative estimate of drug-likeness (QED) is 0.220. The Morgan fingerprint density at radius 1 is 0.400 bits per heavy atom. The number of rotatable bonds is 4. The summed E-state index contributed by atoms with van der Waals surface area (Å²) in [4.78, 5) is 2.41. The predicted molar refractivity (Wildman–Crippen MR) is 174 cm³/mol. The van der Waals surface area contributed by atoms with Crippen LogP contribution in [0.15, 0.2) is 152 Å². The van der Waals surface area contributed by atoms with E-state index in [9.17, 15) is 0 Å². The van der Waals surface area contributed by atoms with Gasteiger partial charge in [0, 0.05) is 32.2 Å². The largest absolute Gasteiger partial charge is 0.309 e. The second-order valence-electron chi connectivity index (χ2n) is 10.2. The molecule has 0 saturated carbocycles. The Morgan fingerprint density at radius 3 is 1.88 bits per heavy atom. The molecule has 1 aromatic heterocycles. The lowest BCUT2D eigenvalue weighted by atomic mass is 9.95. The summed E-state index contributed by atoms with van der Waals surface area (Å²) in [5.74, 6) is 0. The van der Waals surface area contributed by atoms with Gasteiger partial charge in [-0.3, -0.25) is 0 Å². The number of nitrogens with zero attached hydrogens (tertiary/aromatic N) is 1. The Kier molecular flexibility index (Phi) is 5.39. The lowest BCUT2D eigenvalue weighted by molar-refractivity contribution is 1.31. The molecule has 0 aliphatic carbocycles. The van der Waals surface area contributed by atoms with Gasteiger partial charge in [-0.1, -0.05) is 115 Å². The van der Waals surface area contributed by atoms with Crippen molar-refractivity contribution in [1.82, 2.24) is 0 Å². The second kappa shape index (κ2) is 9.37. The summed E-state index contributed by atoms with van der Waals surface area (Å²) in [7, 11) is 0. The van der Waals surface area contributed by atoms with Crippen LogP contribution in [0.2, 0.25) is 0 Å². The highest BCUT2D eigenvalue weighted by molar-refractivity contribution is 7.27. The van der Waals surface area contributed by atoms with E-state index >= 15 is 0 Å². The van der Waals surface area contributed by atoms with E-state index in [0.29, 0.717) is 0 Å². The first-order chi connectivity index (χ1) is 19.8. The third kappa shape index (κ3) is 3.69. The lowest BCUT2D eigenvalue weighted by Crippen LogP contribution is -2.09. The topological polar surface area (TPSA) is 3.24 Å². The molecular weight excluding hydrogens is 502 g/mol. The van der Waals surface area contributed by atoms with Crippen molar-refractivity contribution in [2.75, 3.05) is 4.90 Å². The summed E-state index contributed by atoms with van der Waals surface area (Å²) in [5, 5.41) is 7.70. The third-order valence-electron chi connectivity index (χ3n) is 7.82. The number of hydrogen-bond donors (Lipinski definition) is 0. The zero-order chi connectivity index (χ0) is 26.5. The monoisotopic (exact) mass is 527 g/mol. The van der Waals surface area contributed by atoms with Gasteiger partial charge < -0.3 is 4.90 Å². The summed E-state index contributed by atoms with van der Waals surface area (Å²) in [6.45, 7) is 0. The molecule has 188 valence electrons. The van der Waals surface area contributed by atoms with E-state index in [1.54, 1.807) is 0 Å².